The Kier molecular flexibility index (Phi) is 3.72. The lowest BCUT2D eigenvalue weighted by Crippen LogP contribution is -2.15. The third-order valence-electron chi connectivity index (χ3n) is 4.08. The van der Waals surface area contributed by atoms with Gasteiger partial charge in [0.2, 0.25) is 11.8 Å². The molecule has 0 aliphatic heterocycles. The van der Waals surface area contributed by atoms with Gasteiger partial charge >= 0.3 is 5.69 Å². The van der Waals surface area contributed by atoms with Crippen LogP contribution in [0.2, 0.25) is 0 Å². The van der Waals surface area contributed by atoms with Crippen LogP contribution >= 0.6 is 0 Å². The first-order valence-electron chi connectivity index (χ1n) is 7.87. The summed E-state index contributed by atoms with van der Waals surface area (Å²) >= 11 is 0. The highest BCUT2D eigenvalue weighted by Crippen LogP contribution is 2.25. The summed E-state index contributed by atoms with van der Waals surface area (Å²) in [6.45, 7) is 3.59. The van der Waals surface area contributed by atoms with Crippen molar-refractivity contribution < 1.29 is 8.91 Å². The van der Waals surface area contributed by atoms with E-state index in [1.807, 2.05) is 6.92 Å². The van der Waals surface area contributed by atoms with E-state index in [2.05, 4.69) is 20.1 Å². The van der Waals surface area contributed by atoms with Crippen LogP contribution in [0.25, 0.3) is 28.5 Å². The highest BCUT2D eigenvalue weighted by Gasteiger charge is 2.14. The molecule has 7 nitrogen and oxygen atoms in total. The molecule has 0 saturated carbocycles. The number of H-pyrrole nitrogens is 1. The molecule has 0 fully saturated rings. The molecule has 3 aromatic heterocycles. The van der Waals surface area contributed by atoms with E-state index in [1.165, 1.54) is 12.3 Å². The topological polar surface area (TPSA) is 89.6 Å². The average Bonchev–Trinajstić information content (AvgIpc) is 3.22. The smallest absolute Gasteiger partial charge is 0.330 e. The Bertz CT molecular complexity index is 1140. The fourth-order valence-corrected chi connectivity index (χ4v) is 2.73. The van der Waals surface area contributed by atoms with E-state index in [0.29, 0.717) is 17.0 Å². The Morgan fingerprint density at radius 1 is 1.19 bits per heavy atom. The summed E-state index contributed by atoms with van der Waals surface area (Å²) in [6.07, 6.45) is 3.02. The first-order valence-corrected chi connectivity index (χ1v) is 7.87. The molecule has 0 spiro atoms. The van der Waals surface area contributed by atoms with Crippen LogP contribution in [-0.2, 0) is 0 Å². The number of nitrogens with zero attached hydrogens (tertiary/aromatic N) is 4. The molecule has 26 heavy (non-hydrogen) atoms. The summed E-state index contributed by atoms with van der Waals surface area (Å²) in [7, 11) is 0. The normalized spacial score (nSPS) is 11.0. The highest BCUT2D eigenvalue weighted by atomic mass is 19.1. The maximum Gasteiger partial charge on any atom is 0.330 e. The van der Waals surface area contributed by atoms with E-state index in [0.717, 1.165) is 16.9 Å². The van der Waals surface area contributed by atoms with Gasteiger partial charge in [-0.15, -0.1) is 0 Å². The number of benzene rings is 1. The molecule has 8 heteroatoms. The predicted octanol–water partition coefficient (Wildman–Crippen LogP) is 3.03. The Hall–Kier alpha value is -3.55. The molecular formula is C18H14FN5O2. The molecule has 4 rings (SSSR count). The van der Waals surface area contributed by atoms with Crippen LogP contribution < -0.4 is 5.69 Å². The number of hydrogen-bond acceptors (Lipinski definition) is 5. The maximum atomic E-state index is 13.1. The number of aryl methyl sites for hydroxylation is 2. The van der Waals surface area contributed by atoms with E-state index >= 15 is 0 Å². The number of nitrogens with one attached hydrogen (secondary N) is 1. The third kappa shape index (κ3) is 2.71. The van der Waals surface area contributed by atoms with Crippen molar-refractivity contribution in [1.29, 1.82) is 0 Å². The molecule has 0 atom stereocenters. The summed E-state index contributed by atoms with van der Waals surface area (Å²) < 4.78 is 20.0. The Morgan fingerprint density at radius 3 is 2.62 bits per heavy atom. The van der Waals surface area contributed by atoms with Crippen molar-refractivity contribution in [2.45, 2.75) is 13.8 Å². The number of aromatic nitrogens is 5. The second kappa shape index (κ2) is 6.07. The quantitative estimate of drug-likeness (QED) is 0.573. The molecule has 0 bridgehead atoms. The zero-order chi connectivity index (χ0) is 18.3. The minimum atomic E-state index is -0.558. The van der Waals surface area contributed by atoms with Crippen molar-refractivity contribution in [3.05, 3.63) is 70.4 Å². The van der Waals surface area contributed by atoms with Crippen LogP contribution in [0.1, 0.15) is 11.3 Å². The minimum Gasteiger partial charge on any atom is -0.334 e. The zero-order valence-electron chi connectivity index (χ0n) is 14.0. The van der Waals surface area contributed by atoms with Crippen LogP contribution in [0.15, 0.2) is 52.0 Å². The number of imidazole rings is 1. The molecule has 4 aromatic rings. The van der Waals surface area contributed by atoms with Crippen LogP contribution in [0, 0.1) is 19.8 Å². The van der Waals surface area contributed by atoms with Gasteiger partial charge in [-0.1, -0.05) is 5.16 Å². The number of halogens is 1. The predicted molar refractivity (Wildman–Crippen MR) is 92.3 cm³/mol. The molecule has 0 amide bonds. The van der Waals surface area contributed by atoms with Gasteiger partial charge in [-0.05, 0) is 49.7 Å². The molecule has 1 N–H and O–H groups in total. The summed E-state index contributed by atoms with van der Waals surface area (Å²) in [5, 5.41) is 3.97. The SMILES string of the molecule is Cc1cc(F)ncc1-c1nc(-c2ccc(-n3c(C)c[nH]c3=O)cc2)no1. The summed E-state index contributed by atoms with van der Waals surface area (Å²) in [5.41, 5.74) is 3.32. The molecule has 0 radical (unpaired) electrons. The molecule has 0 saturated heterocycles. The second-order valence-electron chi connectivity index (χ2n) is 5.86. The fraction of sp³-hybridized carbons (Fsp3) is 0.111. The summed E-state index contributed by atoms with van der Waals surface area (Å²) in [6, 6.07) is 8.53. The van der Waals surface area contributed by atoms with Gasteiger partial charge in [0, 0.05) is 23.7 Å². The van der Waals surface area contributed by atoms with Crippen molar-refractivity contribution in [2.24, 2.45) is 0 Å². The van der Waals surface area contributed by atoms with Crippen molar-refractivity contribution in [3.8, 4) is 28.5 Å². The molecular weight excluding hydrogens is 337 g/mol. The van der Waals surface area contributed by atoms with Gasteiger partial charge in [0.05, 0.1) is 11.3 Å². The molecule has 3 heterocycles. The van der Waals surface area contributed by atoms with E-state index in [9.17, 15) is 9.18 Å². The number of pyridine rings is 1. The van der Waals surface area contributed by atoms with E-state index in [1.54, 1.807) is 42.0 Å². The Balaban J connectivity index is 1.67. The largest absolute Gasteiger partial charge is 0.334 e. The van der Waals surface area contributed by atoms with Gasteiger partial charge in [0.15, 0.2) is 0 Å². The van der Waals surface area contributed by atoms with Gasteiger partial charge in [-0.3, -0.25) is 4.57 Å². The zero-order valence-corrected chi connectivity index (χ0v) is 14.0. The molecule has 1 aromatic carbocycles. The molecule has 0 unspecified atom stereocenters. The van der Waals surface area contributed by atoms with Gasteiger partial charge in [-0.2, -0.15) is 9.37 Å². The van der Waals surface area contributed by atoms with E-state index in [4.69, 9.17) is 4.52 Å². The van der Waals surface area contributed by atoms with Crippen molar-refractivity contribution in [1.82, 2.24) is 24.7 Å². The monoisotopic (exact) mass is 351 g/mol. The second-order valence-corrected chi connectivity index (χ2v) is 5.86. The lowest BCUT2D eigenvalue weighted by atomic mass is 10.1. The molecule has 0 aliphatic rings. The summed E-state index contributed by atoms with van der Waals surface area (Å²) in [5.74, 6) is 0.108. The first kappa shape index (κ1) is 15.9. The Labute approximate surface area is 147 Å². The van der Waals surface area contributed by atoms with Crippen LogP contribution in [0.5, 0.6) is 0 Å². The number of hydrogen-bond donors (Lipinski definition) is 1. The van der Waals surface area contributed by atoms with E-state index in [-0.39, 0.29) is 11.6 Å². The van der Waals surface area contributed by atoms with Crippen molar-refractivity contribution in [2.75, 3.05) is 0 Å². The van der Waals surface area contributed by atoms with Crippen molar-refractivity contribution in [3.63, 3.8) is 0 Å². The van der Waals surface area contributed by atoms with Crippen LogP contribution in [0.4, 0.5) is 4.39 Å². The average molecular weight is 351 g/mol. The molecule has 130 valence electrons. The highest BCUT2D eigenvalue weighted by molar-refractivity contribution is 5.62. The van der Waals surface area contributed by atoms with Crippen LogP contribution in [-0.4, -0.2) is 24.7 Å². The standard InChI is InChI=1S/C18H14FN5O2/c1-10-7-15(19)20-9-14(10)17-22-16(23-26-17)12-3-5-13(6-4-12)24-11(2)8-21-18(24)25/h3-9H,1-2H3,(H,21,25). The van der Waals surface area contributed by atoms with E-state index < -0.39 is 5.95 Å². The number of aromatic amines is 1. The fourth-order valence-electron chi connectivity index (χ4n) is 2.73. The van der Waals surface area contributed by atoms with Gasteiger partial charge in [0.25, 0.3) is 5.89 Å². The number of rotatable bonds is 3. The van der Waals surface area contributed by atoms with Gasteiger partial charge in [0.1, 0.15) is 0 Å². The maximum absolute atomic E-state index is 13.1. The first-order chi connectivity index (χ1) is 12.5. The lowest BCUT2D eigenvalue weighted by molar-refractivity contribution is 0.431. The van der Waals surface area contributed by atoms with Crippen molar-refractivity contribution >= 4 is 0 Å². The van der Waals surface area contributed by atoms with Crippen LogP contribution in [0.3, 0.4) is 0 Å². The lowest BCUT2D eigenvalue weighted by Gasteiger charge is -2.04. The third-order valence-corrected chi connectivity index (χ3v) is 4.08. The Morgan fingerprint density at radius 2 is 1.96 bits per heavy atom. The van der Waals surface area contributed by atoms with Gasteiger partial charge < -0.3 is 9.51 Å². The molecule has 0 aliphatic carbocycles. The summed E-state index contributed by atoms with van der Waals surface area (Å²) in [4.78, 5) is 22.5. The minimum absolute atomic E-state index is 0.198. The van der Waals surface area contributed by atoms with Gasteiger partial charge in [-0.25, -0.2) is 9.78 Å².